The molecule has 0 unspecified atom stereocenters. The van der Waals surface area contributed by atoms with Crippen molar-refractivity contribution in [1.82, 2.24) is 9.80 Å². The summed E-state index contributed by atoms with van der Waals surface area (Å²) in [4.78, 5) is 29.2. The number of ether oxygens (including phenoxy) is 2. The third-order valence-corrected chi connectivity index (χ3v) is 5.31. The first-order valence-electron chi connectivity index (χ1n) is 10.5. The minimum absolute atomic E-state index is 0.0968. The van der Waals surface area contributed by atoms with E-state index in [2.05, 4.69) is 10.1 Å². The number of hydrogen-bond donors (Lipinski definition) is 1. The monoisotopic (exact) mass is 447 g/mol. The van der Waals surface area contributed by atoms with Crippen LogP contribution >= 0.6 is 0 Å². The Hall–Kier alpha value is -3.20. The van der Waals surface area contributed by atoms with Crippen LogP contribution in [0.15, 0.2) is 48.5 Å². The topological polar surface area (TPSA) is 71.1 Å². The average Bonchev–Trinajstić information content (AvgIpc) is 2.79. The fourth-order valence-corrected chi connectivity index (χ4v) is 3.58. The van der Waals surface area contributed by atoms with Crippen molar-refractivity contribution in [3.63, 3.8) is 0 Å². The molecule has 1 aliphatic heterocycles. The largest absolute Gasteiger partial charge is 0.492 e. The van der Waals surface area contributed by atoms with Crippen LogP contribution in [0.5, 0.6) is 11.5 Å². The molecule has 32 heavy (non-hydrogen) atoms. The molecule has 2 amide bonds. The molecular weight excluding hydrogens is 420 g/mol. The van der Waals surface area contributed by atoms with Crippen molar-refractivity contribution >= 4 is 17.5 Å². The van der Waals surface area contributed by atoms with Crippen LogP contribution < -0.4 is 14.8 Å². The summed E-state index contributed by atoms with van der Waals surface area (Å²) in [6.07, 6.45) is 0. The van der Waals surface area contributed by atoms with E-state index in [4.69, 9.17) is 4.74 Å². The van der Waals surface area contributed by atoms with Gasteiger partial charge in [0.2, 0.25) is 5.91 Å². The average molecular weight is 447 g/mol. The molecule has 1 atom stereocenters. The summed E-state index contributed by atoms with van der Waals surface area (Å²) in [7, 11) is 0. The molecule has 3 rings (SSSR count). The highest BCUT2D eigenvalue weighted by molar-refractivity contribution is 5.97. The molecule has 1 N–H and O–H groups in total. The summed E-state index contributed by atoms with van der Waals surface area (Å²) in [6.45, 7) is 2.86. The van der Waals surface area contributed by atoms with Gasteiger partial charge in [-0.05, 0) is 38.1 Å². The first-order chi connectivity index (χ1) is 15.4. The zero-order chi connectivity index (χ0) is 23.1. The number of benzene rings is 2. The van der Waals surface area contributed by atoms with Crippen LogP contribution in [0.2, 0.25) is 0 Å². The van der Waals surface area contributed by atoms with E-state index in [0.29, 0.717) is 44.2 Å². The summed E-state index contributed by atoms with van der Waals surface area (Å²) < 4.78 is 35.3. The zero-order valence-electron chi connectivity index (χ0n) is 18.1. The second-order valence-corrected chi connectivity index (χ2v) is 7.30. The Bertz CT molecular complexity index is 933. The number of carbonyl (C=O) groups excluding carboxylic acids is 2. The smallest absolute Gasteiger partial charge is 0.387 e. The van der Waals surface area contributed by atoms with Gasteiger partial charge in [-0.15, -0.1) is 0 Å². The van der Waals surface area contributed by atoms with E-state index in [-0.39, 0.29) is 23.1 Å². The maximum Gasteiger partial charge on any atom is 0.387 e. The van der Waals surface area contributed by atoms with Crippen LogP contribution in [0.3, 0.4) is 0 Å². The lowest BCUT2D eigenvalue weighted by Gasteiger charge is -2.37. The lowest BCUT2D eigenvalue weighted by atomic mass is 10.1. The number of nitrogens with one attached hydrogen (secondary N) is 1. The van der Waals surface area contributed by atoms with Crippen molar-refractivity contribution in [2.24, 2.45) is 0 Å². The number of amides is 2. The van der Waals surface area contributed by atoms with E-state index < -0.39 is 12.7 Å². The minimum atomic E-state index is -3.01. The number of piperazine rings is 1. The van der Waals surface area contributed by atoms with Crippen molar-refractivity contribution in [1.29, 1.82) is 0 Å². The SMILES string of the molecule is CCOc1ccccc1NC(=O)[C@@H](C)N1CCN(C(=O)c2ccccc2OC(F)F)CC1. The summed E-state index contributed by atoms with van der Waals surface area (Å²) >= 11 is 0. The molecule has 0 aliphatic carbocycles. The van der Waals surface area contributed by atoms with Gasteiger partial charge in [0.1, 0.15) is 11.5 Å². The van der Waals surface area contributed by atoms with Crippen LogP contribution in [0, 0.1) is 0 Å². The van der Waals surface area contributed by atoms with Gasteiger partial charge in [-0.3, -0.25) is 14.5 Å². The van der Waals surface area contributed by atoms with Gasteiger partial charge >= 0.3 is 6.61 Å². The minimum Gasteiger partial charge on any atom is -0.492 e. The second-order valence-electron chi connectivity index (χ2n) is 7.30. The Labute approximate surface area is 185 Å². The van der Waals surface area contributed by atoms with Crippen LogP contribution in [-0.2, 0) is 4.79 Å². The number of anilines is 1. The Morgan fingerprint density at radius 2 is 1.62 bits per heavy atom. The fourth-order valence-electron chi connectivity index (χ4n) is 3.58. The van der Waals surface area contributed by atoms with Gasteiger partial charge in [0, 0.05) is 26.2 Å². The van der Waals surface area contributed by atoms with Crippen LogP contribution in [-0.4, -0.2) is 67.1 Å². The highest BCUT2D eigenvalue weighted by Crippen LogP contribution is 2.25. The normalized spacial score (nSPS) is 15.3. The maximum atomic E-state index is 12.8. The van der Waals surface area contributed by atoms with E-state index in [1.165, 1.54) is 18.2 Å². The van der Waals surface area contributed by atoms with Crippen molar-refractivity contribution in [3.05, 3.63) is 54.1 Å². The Balaban J connectivity index is 1.59. The second kappa shape index (κ2) is 10.9. The van der Waals surface area contributed by atoms with E-state index in [1.54, 1.807) is 23.1 Å². The molecule has 1 heterocycles. The molecule has 2 aromatic carbocycles. The molecule has 0 aromatic heterocycles. The molecule has 9 heteroatoms. The fraction of sp³-hybridized carbons (Fsp3) is 0.391. The molecule has 0 radical (unpaired) electrons. The number of para-hydroxylation sites is 3. The van der Waals surface area contributed by atoms with E-state index in [9.17, 15) is 18.4 Å². The Kier molecular flexibility index (Phi) is 7.99. The molecule has 0 saturated carbocycles. The van der Waals surface area contributed by atoms with Crippen molar-refractivity contribution in [2.75, 3.05) is 38.1 Å². The van der Waals surface area contributed by atoms with Crippen molar-refractivity contribution in [3.8, 4) is 11.5 Å². The van der Waals surface area contributed by atoms with E-state index in [0.717, 1.165) is 0 Å². The maximum absolute atomic E-state index is 12.8. The molecule has 0 spiro atoms. The molecule has 172 valence electrons. The van der Waals surface area contributed by atoms with Crippen molar-refractivity contribution < 1.29 is 27.8 Å². The van der Waals surface area contributed by atoms with Gasteiger partial charge in [0.05, 0.1) is 23.9 Å². The predicted octanol–water partition coefficient (Wildman–Crippen LogP) is 3.47. The van der Waals surface area contributed by atoms with Crippen LogP contribution in [0.4, 0.5) is 14.5 Å². The summed E-state index contributed by atoms with van der Waals surface area (Å²) in [5.41, 5.74) is 0.704. The number of rotatable bonds is 8. The molecule has 1 saturated heterocycles. The highest BCUT2D eigenvalue weighted by atomic mass is 19.3. The highest BCUT2D eigenvalue weighted by Gasteiger charge is 2.29. The van der Waals surface area contributed by atoms with Gasteiger partial charge in [-0.25, -0.2) is 0 Å². The van der Waals surface area contributed by atoms with Crippen LogP contribution in [0.1, 0.15) is 24.2 Å². The van der Waals surface area contributed by atoms with E-state index in [1.807, 2.05) is 30.9 Å². The number of nitrogens with zero attached hydrogens (tertiary/aromatic N) is 2. The Morgan fingerprint density at radius 3 is 2.28 bits per heavy atom. The first kappa shape index (κ1) is 23.5. The van der Waals surface area contributed by atoms with Crippen molar-refractivity contribution in [2.45, 2.75) is 26.5 Å². The quantitative estimate of drug-likeness (QED) is 0.671. The van der Waals surface area contributed by atoms with Gasteiger partial charge in [-0.2, -0.15) is 8.78 Å². The summed E-state index contributed by atoms with van der Waals surface area (Å²) in [5.74, 6) is -0.0810. The molecule has 1 fully saturated rings. The molecule has 2 aromatic rings. The van der Waals surface area contributed by atoms with Gasteiger partial charge < -0.3 is 19.7 Å². The third kappa shape index (κ3) is 5.73. The number of alkyl halides is 2. The molecule has 1 aliphatic rings. The number of halogens is 2. The number of hydrogen-bond acceptors (Lipinski definition) is 5. The molecule has 7 nitrogen and oxygen atoms in total. The predicted molar refractivity (Wildman–Crippen MR) is 116 cm³/mol. The lowest BCUT2D eigenvalue weighted by molar-refractivity contribution is -0.121. The number of carbonyl (C=O) groups is 2. The van der Waals surface area contributed by atoms with Gasteiger partial charge in [0.25, 0.3) is 5.91 Å². The van der Waals surface area contributed by atoms with Crippen LogP contribution in [0.25, 0.3) is 0 Å². The summed E-state index contributed by atoms with van der Waals surface area (Å²) in [6, 6.07) is 12.8. The Morgan fingerprint density at radius 1 is 1.00 bits per heavy atom. The van der Waals surface area contributed by atoms with E-state index >= 15 is 0 Å². The molecular formula is C23H27F2N3O4. The standard InChI is InChI=1S/C23H27F2N3O4/c1-3-31-20-11-7-5-9-18(20)26-21(29)16(2)27-12-14-28(15-13-27)22(30)17-8-4-6-10-19(17)32-23(24)25/h4-11,16,23H,3,12-15H2,1-2H3,(H,26,29)/t16-/m1/s1. The summed E-state index contributed by atoms with van der Waals surface area (Å²) in [5, 5.41) is 2.90. The third-order valence-electron chi connectivity index (χ3n) is 5.31. The zero-order valence-corrected chi connectivity index (χ0v) is 18.1. The molecule has 0 bridgehead atoms. The van der Waals surface area contributed by atoms with Gasteiger partial charge in [0.15, 0.2) is 0 Å². The lowest BCUT2D eigenvalue weighted by Crippen LogP contribution is -2.54. The van der Waals surface area contributed by atoms with Gasteiger partial charge in [-0.1, -0.05) is 24.3 Å². The first-order valence-corrected chi connectivity index (χ1v) is 10.5.